The molecule has 1 aromatic rings. The number of anilines is 1. The van der Waals surface area contributed by atoms with Crippen LogP contribution in [0.2, 0.25) is 0 Å². The lowest BCUT2D eigenvalue weighted by atomic mass is 9.87. The second-order valence-electron chi connectivity index (χ2n) is 4.53. The quantitative estimate of drug-likeness (QED) is 0.719. The molecule has 0 unspecified atom stereocenters. The summed E-state index contributed by atoms with van der Waals surface area (Å²) in [4.78, 5) is 0. The molecule has 0 bridgehead atoms. The SMILES string of the molecule is CNCNc1ccc(C(C)(C)C)cc1. The van der Waals surface area contributed by atoms with Crippen molar-refractivity contribution in [2.75, 3.05) is 19.0 Å². The molecular formula is C12H20N2. The predicted molar refractivity (Wildman–Crippen MR) is 62.7 cm³/mol. The van der Waals surface area contributed by atoms with E-state index in [4.69, 9.17) is 0 Å². The highest BCUT2D eigenvalue weighted by Crippen LogP contribution is 2.23. The fourth-order valence-corrected chi connectivity index (χ4v) is 1.28. The molecule has 0 spiro atoms. The molecule has 2 N–H and O–H groups in total. The smallest absolute Gasteiger partial charge is 0.0650 e. The molecule has 0 saturated heterocycles. The Balaban J connectivity index is 2.69. The molecule has 0 aliphatic rings. The molecular weight excluding hydrogens is 172 g/mol. The fraction of sp³-hybridized carbons (Fsp3) is 0.500. The van der Waals surface area contributed by atoms with Crippen LogP contribution in [0.4, 0.5) is 5.69 Å². The van der Waals surface area contributed by atoms with Gasteiger partial charge in [-0.1, -0.05) is 32.9 Å². The van der Waals surface area contributed by atoms with Gasteiger partial charge in [-0.2, -0.15) is 0 Å². The highest BCUT2D eigenvalue weighted by molar-refractivity contribution is 5.45. The zero-order valence-electron chi connectivity index (χ0n) is 9.52. The average molecular weight is 192 g/mol. The molecule has 2 nitrogen and oxygen atoms in total. The lowest BCUT2D eigenvalue weighted by molar-refractivity contribution is 0.590. The molecule has 0 saturated carbocycles. The van der Waals surface area contributed by atoms with E-state index in [1.54, 1.807) is 0 Å². The largest absolute Gasteiger partial charge is 0.372 e. The molecule has 0 amide bonds. The number of rotatable bonds is 3. The van der Waals surface area contributed by atoms with Gasteiger partial charge < -0.3 is 10.6 Å². The van der Waals surface area contributed by atoms with Crippen molar-refractivity contribution in [2.24, 2.45) is 0 Å². The molecule has 0 aromatic heterocycles. The molecule has 0 radical (unpaired) electrons. The second-order valence-corrected chi connectivity index (χ2v) is 4.53. The van der Waals surface area contributed by atoms with Gasteiger partial charge in [0, 0.05) is 5.69 Å². The van der Waals surface area contributed by atoms with Crippen molar-refractivity contribution in [3.63, 3.8) is 0 Å². The molecule has 0 fully saturated rings. The summed E-state index contributed by atoms with van der Waals surface area (Å²) < 4.78 is 0. The lowest BCUT2D eigenvalue weighted by Gasteiger charge is -2.19. The van der Waals surface area contributed by atoms with E-state index in [-0.39, 0.29) is 5.41 Å². The van der Waals surface area contributed by atoms with Crippen molar-refractivity contribution in [1.82, 2.24) is 5.32 Å². The topological polar surface area (TPSA) is 24.1 Å². The summed E-state index contributed by atoms with van der Waals surface area (Å²) >= 11 is 0. The first-order chi connectivity index (χ1) is 6.54. The summed E-state index contributed by atoms with van der Waals surface area (Å²) in [5.41, 5.74) is 2.77. The van der Waals surface area contributed by atoms with Crippen LogP contribution >= 0.6 is 0 Å². The van der Waals surface area contributed by atoms with Gasteiger partial charge in [-0.25, -0.2) is 0 Å². The lowest BCUT2D eigenvalue weighted by Crippen LogP contribution is -2.17. The van der Waals surface area contributed by atoms with Gasteiger partial charge in [0.2, 0.25) is 0 Å². The Morgan fingerprint density at radius 1 is 1.07 bits per heavy atom. The third-order valence-corrected chi connectivity index (χ3v) is 2.22. The Hall–Kier alpha value is -1.02. The first kappa shape index (κ1) is 11.1. The van der Waals surface area contributed by atoms with E-state index < -0.39 is 0 Å². The average Bonchev–Trinajstić information content (AvgIpc) is 2.14. The van der Waals surface area contributed by atoms with E-state index in [1.807, 2.05) is 7.05 Å². The first-order valence-electron chi connectivity index (χ1n) is 5.03. The maximum absolute atomic E-state index is 3.26. The summed E-state index contributed by atoms with van der Waals surface area (Å²) in [6.07, 6.45) is 0. The minimum atomic E-state index is 0.238. The van der Waals surface area contributed by atoms with Gasteiger partial charge in [-0.3, -0.25) is 0 Å². The molecule has 1 aromatic carbocycles. The van der Waals surface area contributed by atoms with E-state index in [2.05, 4.69) is 55.7 Å². The summed E-state index contributed by atoms with van der Waals surface area (Å²) in [6.45, 7) is 7.48. The van der Waals surface area contributed by atoms with Crippen LogP contribution < -0.4 is 10.6 Å². The Labute approximate surface area is 86.7 Å². The van der Waals surface area contributed by atoms with Crippen LogP contribution in [-0.4, -0.2) is 13.7 Å². The number of hydrogen-bond donors (Lipinski definition) is 2. The minimum Gasteiger partial charge on any atom is -0.372 e. The van der Waals surface area contributed by atoms with Crippen LogP contribution in [0, 0.1) is 0 Å². The van der Waals surface area contributed by atoms with Crippen LogP contribution in [0.5, 0.6) is 0 Å². The molecule has 2 heteroatoms. The van der Waals surface area contributed by atoms with Gasteiger partial charge in [-0.15, -0.1) is 0 Å². The molecule has 0 aliphatic heterocycles. The third kappa shape index (κ3) is 3.04. The standard InChI is InChI=1S/C12H20N2/c1-12(2,3)10-5-7-11(8-6-10)14-9-13-4/h5-8,13-14H,9H2,1-4H3. The normalized spacial score (nSPS) is 11.4. The van der Waals surface area contributed by atoms with Crippen molar-refractivity contribution in [2.45, 2.75) is 26.2 Å². The van der Waals surface area contributed by atoms with E-state index in [0.717, 1.165) is 12.4 Å². The molecule has 14 heavy (non-hydrogen) atoms. The van der Waals surface area contributed by atoms with Crippen molar-refractivity contribution < 1.29 is 0 Å². The summed E-state index contributed by atoms with van der Waals surface area (Å²) in [6, 6.07) is 8.60. The van der Waals surface area contributed by atoms with Crippen molar-refractivity contribution in [3.8, 4) is 0 Å². The van der Waals surface area contributed by atoms with E-state index in [0.29, 0.717) is 0 Å². The second kappa shape index (κ2) is 4.47. The maximum Gasteiger partial charge on any atom is 0.0650 e. The van der Waals surface area contributed by atoms with Gasteiger partial charge in [0.25, 0.3) is 0 Å². The number of nitrogens with one attached hydrogen (secondary N) is 2. The number of benzene rings is 1. The van der Waals surface area contributed by atoms with Gasteiger partial charge in [0.15, 0.2) is 0 Å². The molecule has 0 atom stereocenters. The molecule has 1 rings (SSSR count). The monoisotopic (exact) mass is 192 g/mol. The van der Waals surface area contributed by atoms with E-state index >= 15 is 0 Å². The van der Waals surface area contributed by atoms with Crippen molar-refractivity contribution in [1.29, 1.82) is 0 Å². The van der Waals surface area contributed by atoms with Gasteiger partial charge in [0.05, 0.1) is 6.67 Å². The first-order valence-corrected chi connectivity index (χ1v) is 5.03. The molecule has 0 aliphatic carbocycles. The van der Waals surface area contributed by atoms with Crippen LogP contribution in [0.1, 0.15) is 26.3 Å². The Morgan fingerprint density at radius 3 is 2.07 bits per heavy atom. The minimum absolute atomic E-state index is 0.238. The summed E-state index contributed by atoms with van der Waals surface area (Å²) in [5, 5.41) is 6.31. The Morgan fingerprint density at radius 2 is 1.64 bits per heavy atom. The van der Waals surface area contributed by atoms with Gasteiger partial charge in [0.1, 0.15) is 0 Å². The third-order valence-electron chi connectivity index (χ3n) is 2.22. The zero-order valence-corrected chi connectivity index (χ0v) is 9.52. The van der Waals surface area contributed by atoms with Crippen molar-refractivity contribution in [3.05, 3.63) is 29.8 Å². The van der Waals surface area contributed by atoms with E-state index in [9.17, 15) is 0 Å². The Bertz CT molecular complexity index is 269. The maximum atomic E-state index is 3.26. The Kier molecular flexibility index (Phi) is 3.53. The van der Waals surface area contributed by atoms with E-state index in [1.165, 1.54) is 5.56 Å². The molecule has 78 valence electrons. The predicted octanol–water partition coefficient (Wildman–Crippen LogP) is 2.57. The van der Waals surface area contributed by atoms with Crippen LogP contribution in [-0.2, 0) is 5.41 Å². The zero-order chi connectivity index (χ0) is 10.6. The number of hydrogen-bond acceptors (Lipinski definition) is 2. The summed E-state index contributed by atoms with van der Waals surface area (Å²) in [7, 11) is 1.93. The highest BCUT2D eigenvalue weighted by Gasteiger charge is 2.12. The molecule has 0 heterocycles. The van der Waals surface area contributed by atoms with Crippen molar-refractivity contribution >= 4 is 5.69 Å². The summed E-state index contributed by atoms with van der Waals surface area (Å²) in [5.74, 6) is 0. The van der Waals surface area contributed by atoms with Gasteiger partial charge >= 0.3 is 0 Å². The van der Waals surface area contributed by atoms with Crippen LogP contribution in [0.15, 0.2) is 24.3 Å². The highest BCUT2D eigenvalue weighted by atomic mass is 15.0. The van der Waals surface area contributed by atoms with Gasteiger partial charge in [-0.05, 0) is 30.2 Å². The van der Waals surface area contributed by atoms with Crippen LogP contribution in [0.3, 0.4) is 0 Å². The fourth-order valence-electron chi connectivity index (χ4n) is 1.28. The van der Waals surface area contributed by atoms with Crippen LogP contribution in [0.25, 0.3) is 0 Å².